The Morgan fingerprint density at radius 3 is 2.35 bits per heavy atom. The van der Waals surface area contributed by atoms with Crippen LogP contribution in [-0.4, -0.2) is 44.7 Å². The third-order valence-electron chi connectivity index (χ3n) is 5.74. The maximum atomic E-state index is 13.8. The summed E-state index contributed by atoms with van der Waals surface area (Å²) in [6.45, 7) is 3.77. The maximum Gasteiger partial charge on any atom is 0.336 e. The second kappa shape index (κ2) is 11.2. The van der Waals surface area contributed by atoms with Gasteiger partial charge in [-0.2, -0.15) is 8.42 Å². The molecule has 2 aromatic rings. The molecule has 0 spiro atoms. The van der Waals surface area contributed by atoms with Crippen molar-refractivity contribution < 1.29 is 26.9 Å². The zero-order chi connectivity index (χ0) is 24.9. The van der Waals surface area contributed by atoms with Crippen molar-refractivity contribution in [2.75, 3.05) is 19.5 Å². The number of allylic oxidation sites excluding steroid dienone is 1. The highest BCUT2D eigenvalue weighted by molar-refractivity contribution is 7.85. The lowest BCUT2D eigenvalue weighted by Gasteiger charge is -2.26. The number of esters is 1. The summed E-state index contributed by atoms with van der Waals surface area (Å²) in [5.74, 6) is -2.19. The van der Waals surface area contributed by atoms with Crippen LogP contribution in [0.15, 0.2) is 65.9 Å². The summed E-state index contributed by atoms with van der Waals surface area (Å²) in [6, 6.07) is 16.4. The molecule has 0 saturated carbocycles. The quantitative estimate of drug-likeness (QED) is 0.353. The number of nitrogens with zero attached hydrogens (tertiary/aromatic N) is 1. The van der Waals surface area contributed by atoms with Gasteiger partial charge in [0.15, 0.2) is 0 Å². The van der Waals surface area contributed by atoms with Crippen molar-refractivity contribution in [2.24, 2.45) is 5.92 Å². The highest BCUT2D eigenvalue weighted by Crippen LogP contribution is 2.42. The molecule has 2 atom stereocenters. The summed E-state index contributed by atoms with van der Waals surface area (Å²) in [4.78, 5) is 28.4. The van der Waals surface area contributed by atoms with Crippen molar-refractivity contribution in [3.63, 3.8) is 0 Å². The van der Waals surface area contributed by atoms with E-state index in [-0.39, 0.29) is 31.1 Å². The van der Waals surface area contributed by atoms with E-state index in [2.05, 4.69) is 0 Å². The van der Waals surface area contributed by atoms with Crippen LogP contribution in [0.3, 0.4) is 0 Å². The second-order valence-corrected chi connectivity index (χ2v) is 10.2. The second-order valence-electron chi connectivity index (χ2n) is 8.08. The van der Waals surface area contributed by atoms with Crippen LogP contribution in [0, 0.1) is 5.92 Å². The number of rotatable bonds is 10. The number of ether oxygens (including phenoxy) is 1. The van der Waals surface area contributed by atoms with Crippen molar-refractivity contribution in [1.29, 1.82) is 0 Å². The summed E-state index contributed by atoms with van der Waals surface area (Å²) >= 11 is 6.06. The zero-order valence-electron chi connectivity index (χ0n) is 19.4. The van der Waals surface area contributed by atoms with E-state index in [4.69, 9.17) is 20.5 Å². The number of benzene rings is 2. The first-order chi connectivity index (χ1) is 16.1. The summed E-state index contributed by atoms with van der Waals surface area (Å²) in [7, 11) is -3.67. The molecule has 0 saturated heterocycles. The predicted octanol–water partition coefficient (Wildman–Crippen LogP) is 4.29. The standard InChI is InChI=1S/C25H28ClNO6S/c1-4-32-25(29)22-17(2)27(16-18-8-6-5-7-9-18)24(28)23(22)21(14-15-33-34(3,30)31)19-10-12-20(26)13-11-19/h5-13,21,23H,4,14-16H2,1-3H3/t21-,23-/m0/s1. The number of hydrogen-bond donors (Lipinski definition) is 0. The summed E-state index contributed by atoms with van der Waals surface area (Å²) in [5, 5.41) is 0.524. The molecule has 1 aliphatic rings. The molecule has 1 amide bonds. The Balaban J connectivity index is 2.03. The lowest BCUT2D eigenvalue weighted by molar-refractivity contribution is -0.141. The van der Waals surface area contributed by atoms with Crippen molar-refractivity contribution in [1.82, 2.24) is 4.90 Å². The van der Waals surface area contributed by atoms with Gasteiger partial charge in [0.1, 0.15) is 0 Å². The summed E-state index contributed by atoms with van der Waals surface area (Å²) in [6.07, 6.45) is 1.17. The van der Waals surface area contributed by atoms with Crippen LogP contribution in [0.5, 0.6) is 0 Å². The SMILES string of the molecule is CCOC(=O)C1=C(C)N(Cc2ccccc2)C(=O)[C@H]1[C@@H](CCOS(C)(=O)=O)c1ccc(Cl)cc1. The topological polar surface area (TPSA) is 90.0 Å². The normalized spacial score (nSPS) is 17.2. The molecule has 0 radical (unpaired) electrons. The third-order valence-corrected chi connectivity index (χ3v) is 6.59. The number of carbonyl (C=O) groups is 2. The third kappa shape index (κ3) is 6.25. The fourth-order valence-corrected chi connectivity index (χ4v) is 4.73. The molecule has 7 nitrogen and oxygen atoms in total. The number of amides is 1. The smallest absolute Gasteiger partial charge is 0.336 e. The van der Waals surface area contributed by atoms with E-state index >= 15 is 0 Å². The minimum absolute atomic E-state index is 0.135. The molecule has 1 heterocycles. The number of halogens is 1. The zero-order valence-corrected chi connectivity index (χ0v) is 20.9. The van der Waals surface area contributed by atoms with E-state index in [0.717, 1.165) is 17.4 Å². The van der Waals surface area contributed by atoms with Gasteiger partial charge < -0.3 is 9.64 Å². The first kappa shape index (κ1) is 25.9. The minimum Gasteiger partial charge on any atom is -0.463 e. The molecule has 1 aliphatic heterocycles. The van der Waals surface area contributed by atoms with Crippen LogP contribution in [-0.2, 0) is 35.2 Å². The van der Waals surface area contributed by atoms with Crippen molar-refractivity contribution in [3.8, 4) is 0 Å². The van der Waals surface area contributed by atoms with Gasteiger partial charge in [-0.3, -0.25) is 8.98 Å². The van der Waals surface area contributed by atoms with E-state index in [1.54, 1.807) is 43.0 Å². The molecule has 2 aromatic carbocycles. The average molecular weight is 506 g/mol. The monoisotopic (exact) mass is 505 g/mol. The number of carbonyl (C=O) groups excluding carboxylic acids is 2. The Hall–Kier alpha value is -2.68. The van der Waals surface area contributed by atoms with Gasteiger partial charge in [0, 0.05) is 16.6 Å². The molecule has 34 heavy (non-hydrogen) atoms. The molecular weight excluding hydrogens is 478 g/mol. The fraction of sp³-hybridized carbons (Fsp3) is 0.360. The van der Waals surface area contributed by atoms with Crippen molar-refractivity contribution in [2.45, 2.75) is 32.7 Å². The molecule has 0 unspecified atom stereocenters. The van der Waals surface area contributed by atoms with Gasteiger partial charge in [-0.15, -0.1) is 0 Å². The van der Waals surface area contributed by atoms with E-state index in [1.807, 2.05) is 30.3 Å². The van der Waals surface area contributed by atoms with Gasteiger partial charge in [0.25, 0.3) is 10.1 Å². The molecule has 9 heteroatoms. The molecule has 0 N–H and O–H groups in total. The van der Waals surface area contributed by atoms with Gasteiger partial charge in [0.05, 0.1) is 37.5 Å². The van der Waals surface area contributed by atoms with E-state index in [0.29, 0.717) is 17.3 Å². The van der Waals surface area contributed by atoms with E-state index < -0.39 is 27.9 Å². The summed E-state index contributed by atoms with van der Waals surface area (Å²) < 4.78 is 33.4. The Labute approximate surface area is 205 Å². The largest absolute Gasteiger partial charge is 0.463 e. The van der Waals surface area contributed by atoms with E-state index in [1.165, 1.54) is 0 Å². The predicted molar refractivity (Wildman–Crippen MR) is 129 cm³/mol. The molecule has 182 valence electrons. The average Bonchev–Trinajstić information content (AvgIpc) is 3.02. The molecule has 3 rings (SSSR count). The summed E-state index contributed by atoms with van der Waals surface area (Å²) in [5.41, 5.74) is 2.47. The van der Waals surface area contributed by atoms with E-state index in [9.17, 15) is 18.0 Å². The lowest BCUT2D eigenvalue weighted by Crippen LogP contribution is -2.32. The van der Waals surface area contributed by atoms with Crippen LogP contribution < -0.4 is 0 Å². The Kier molecular flexibility index (Phi) is 8.52. The van der Waals surface area contributed by atoms with Crippen molar-refractivity contribution in [3.05, 3.63) is 82.0 Å². The Bertz CT molecular complexity index is 1160. The first-order valence-corrected chi connectivity index (χ1v) is 13.1. The lowest BCUT2D eigenvalue weighted by atomic mass is 9.79. The first-order valence-electron chi connectivity index (χ1n) is 11.0. The van der Waals surface area contributed by atoms with Crippen LogP contribution in [0.2, 0.25) is 5.02 Å². The highest BCUT2D eigenvalue weighted by atomic mass is 35.5. The van der Waals surface area contributed by atoms with Crippen LogP contribution in [0.4, 0.5) is 0 Å². The van der Waals surface area contributed by atoms with Crippen LogP contribution in [0.25, 0.3) is 0 Å². The highest BCUT2D eigenvalue weighted by Gasteiger charge is 2.46. The number of hydrogen-bond acceptors (Lipinski definition) is 6. The fourth-order valence-electron chi connectivity index (χ4n) is 4.21. The van der Waals surface area contributed by atoms with Gasteiger partial charge in [0.2, 0.25) is 5.91 Å². The van der Waals surface area contributed by atoms with Crippen molar-refractivity contribution >= 4 is 33.6 Å². The minimum atomic E-state index is -3.67. The molecular formula is C25H28ClNO6S. The maximum absolute atomic E-state index is 13.8. The molecule has 0 bridgehead atoms. The van der Waals surface area contributed by atoms with Crippen LogP contribution >= 0.6 is 11.6 Å². The Morgan fingerprint density at radius 2 is 1.76 bits per heavy atom. The van der Waals surface area contributed by atoms with Gasteiger partial charge in [-0.05, 0) is 43.5 Å². The molecule has 0 fully saturated rings. The van der Waals surface area contributed by atoms with Gasteiger partial charge in [-0.25, -0.2) is 4.79 Å². The van der Waals surface area contributed by atoms with Gasteiger partial charge in [-0.1, -0.05) is 54.1 Å². The molecule has 0 aliphatic carbocycles. The molecule has 0 aromatic heterocycles. The van der Waals surface area contributed by atoms with Gasteiger partial charge >= 0.3 is 5.97 Å². The van der Waals surface area contributed by atoms with Crippen LogP contribution in [0.1, 0.15) is 37.3 Å². The Morgan fingerprint density at radius 1 is 1.12 bits per heavy atom.